The Balaban J connectivity index is 1.98. The number of aromatic nitrogens is 2. The fraction of sp³-hybridized carbons (Fsp3) is 0.500. The Morgan fingerprint density at radius 1 is 1.44 bits per heavy atom. The van der Waals surface area contributed by atoms with E-state index in [0.717, 1.165) is 29.4 Å². The molecule has 3 nitrogen and oxygen atoms in total. The van der Waals surface area contributed by atoms with Crippen LogP contribution in [0.4, 0.5) is 0 Å². The van der Waals surface area contributed by atoms with Crippen LogP contribution in [-0.2, 0) is 6.42 Å². The van der Waals surface area contributed by atoms with Gasteiger partial charge in [0.2, 0.25) is 0 Å². The predicted molar refractivity (Wildman–Crippen MR) is 78.0 cm³/mol. The van der Waals surface area contributed by atoms with Gasteiger partial charge < -0.3 is 9.88 Å². The minimum atomic E-state index is 0.695. The van der Waals surface area contributed by atoms with Crippen molar-refractivity contribution >= 4 is 27.0 Å². The third-order valence-corrected chi connectivity index (χ3v) is 3.96. The standard InChI is InChI=1S/C14H18BrN3/c1-16-8-2-3-14-17-12-9-10(15)4-7-13(12)18(14)11-5-6-11/h4,7,9,11,16H,2-3,5-6,8H2,1H3. The molecule has 0 spiro atoms. The molecule has 0 saturated heterocycles. The van der Waals surface area contributed by atoms with E-state index in [2.05, 4.69) is 44.0 Å². The Labute approximate surface area is 116 Å². The quantitative estimate of drug-likeness (QED) is 0.859. The average molecular weight is 308 g/mol. The molecular weight excluding hydrogens is 290 g/mol. The normalized spacial score (nSPS) is 15.4. The Bertz CT molecular complexity index is 557. The van der Waals surface area contributed by atoms with Crippen molar-refractivity contribution in [2.45, 2.75) is 31.7 Å². The molecule has 1 N–H and O–H groups in total. The fourth-order valence-electron chi connectivity index (χ4n) is 2.46. The summed E-state index contributed by atoms with van der Waals surface area (Å²) in [5, 5.41) is 3.20. The number of halogens is 1. The summed E-state index contributed by atoms with van der Waals surface area (Å²) in [4.78, 5) is 4.81. The fourth-order valence-corrected chi connectivity index (χ4v) is 2.81. The van der Waals surface area contributed by atoms with Gasteiger partial charge in [-0.1, -0.05) is 15.9 Å². The number of hydrogen-bond donors (Lipinski definition) is 1. The molecule has 1 aromatic heterocycles. The first-order valence-electron chi connectivity index (χ1n) is 6.60. The zero-order valence-electron chi connectivity index (χ0n) is 10.6. The molecule has 1 aliphatic carbocycles. The highest BCUT2D eigenvalue weighted by atomic mass is 79.9. The van der Waals surface area contributed by atoms with E-state index in [1.54, 1.807) is 0 Å². The van der Waals surface area contributed by atoms with Gasteiger partial charge in [-0.25, -0.2) is 4.98 Å². The second-order valence-electron chi connectivity index (χ2n) is 4.97. The number of hydrogen-bond acceptors (Lipinski definition) is 2. The van der Waals surface area contributed by atoms with Crippen LogP contribution in [0.1, 0.15) is 31.1 Å². The molecule has 0 atom stereocenters. The summed E-state index contributed by atoms with van der Waals surface area (Å²) in [6.45, 7) is 1.05. The van der Waals surface area contributed by atoms with Gasteiger partial charge in [0, 0.05) is 16.9 Å². The van der Waals surface area contributed by atoms with Crippen LogP contribution in [0, 0.1) is 0 Å². The lowest BCUT2D eigenvalue weighted by Gasteiger charge is -2.07. The Kier molecular flexibility index (Phi) is 3.39. The first-order valence-corrected chi connectivity index (χ1v) is 7.40. The first kappa shape index (κ1) is 12.2. The van der Waals surface area contributed by atoms with Crippen molar-refractivity contribution in [1.29, 1.82) is 0 Å². The molecule has 1 heterocycles. The van der Waals surface area contributed by atoms with E-state index in [-0.39, 0.29) is 0 Å². The predicted octanol–water partition coefficient (Wildman–Crippen LogP) is 3.29. The van der Waals surface area contributed by atoms with Gasteiger partial charge in [0.15, 0.2) is 0 Å². The molecule has 1 saturated carbocycles. The smallest absolute Gasteiger partial charge is 0.110 e. The van der Waals surface area contributed by atoms with Crippen LogP contribution in [0.3, 0.4) is 0 Å². The molecule has 2 aromatic rings. The van der Waals surface area contributed by atoms with Crippen molar-refractivity contribution in [2.75, 3.05) is 13.6 Å². The molecule has 0 radical (unpaired) electrons. The molecule has 18 heavy (non-hydrogen) atoms. The molecule has 3 rings (SSSR count). The molecule has 96 valence electrons. The summed E-state index contributed by atoms with van der Waals surface area (Å²) < 4.78 is 3.56. The molecular formula is C14H18BrN3. The highest BCUT2D eigenvalue weighted by Crippen LogP contribution is 2.39. The Morgan fingerprint density at radius 2 is 2.28 bits per heavy atom. The van der Waals surface area contributed by atoms with Crippen molar-refractivity contribution in [3.8, 4) is 0 Å². The van der Waals surface area contributed by atoms with Crippen LogP contribution in [0.5, 0.6) is 0 Å². The highest BCUT2D eigenvalue weighted by Gasteiger charge is 2.27. The molecule has 1 fully saturated rings. The SMILES string of the molecule is CNCCCc1nc2cc(Br)ccc2n1C1CC1. The number of benzene rings is 1. The summed E-state index contributed by atoms with van der Waals surface area (Å²) in [6.07, 6.45) is 4.82. The van der Waals surface area contributed by atoms with E-state index >= 15 is 0 Å². The van der Waals surface area contributed by atoms with Gasteiger partial charge in [-0.2, -0.15) is 0 Å². The zero-order valence-corrected chi connectivity index (χ0v) is 12.2. The minimum absolute atomic E-state index is 0.695. The zero-order chi connectivity index (χ0) is 12.5. The van der Waals surface area contributed by atoms with Gasteiger partial charge in [0.25, 0.3) is 0 Å². The summed E-state index contributed by atoms with van der Waals surface area (Å²) >= 11 is 3.52. The van der Waals surface area contributed by atoms with Gasteiger partial charge in [-0.3, -0.25) is 0 Å². The van der Waals surface area contributed by atoms with Crippen LogP contribution in [0.2, 0.25) is 0 Å². The van der Waals surface area contributed by atoms with Crippen molar-refractivity contribution in [1.82, 2.24) is 14.9 Å². The third kappa shape index (κ3) is 2.31. The molecule has 0 aliphatic heterocycles. The average Bonchev–Trinajstić information content (AvgIpc) is 3.12. The van der Waals surface area contributed by atoms with Gasteiger partial charge >= 0.3 is 0 Å². The number of aryl methyl sites for hydroxylation is 1. The molecule has 0 bridgehead atoms. The van der Waals surface area contributed by atoms with E-state index < -0.39 is 0 Å². The van der Waals surface area contributed by atoms with Gasteiger partial charge in [-0.15, -0.1) is 0 Å². The largest absolute Gasteiger partial charge is 0.325 e. The van der Waals surface area contributed by atoms with Crippen molar-refractivity contribution in [3.63, 3.8) is 0 Å². The summed E-state index contributed by atoms with van der Waals surface area (Å²) in [6, 6.07) is 7.11. The Morgan fingerprint density at radius 3 is 3.00 bits per heavy atom. The van der Waals surface area contributed by atoms with E-state index in [1.165, 1.54) is 24.2 Å². The second kappa shape index (κ2) is 5.02. The third-order valence-electron chi connectivity index (χ3n) is 3.46. The molecule has 0 amide bonds. The van der Waals surface area contributed by atoms with Gasteiger partial charge in [-0.05, 0) is 51.1 Å². The maximum absolute atomic E-state index is 4.81. The lowest BCUT2D eigenvalue weighted by Crippen LogP contribution is -2.10. The van der Waals surface area contributed by atoms with Gasteiger partial charge in [0.1, 0.15) is 5.82 Å². The van der Waals surface area contributed by atoms with E-state index in [1.807, 2.05) is 7.05 Å². The van der Waals surface area contributed by atoms with Gasteiger partial charge in [0.05, 0.1) is 11.0 Å². The maximum atomic E-state index is 4.81. The first-order chi connectivity index (χ1) is 8.79. The van der Waals surface area contributed by atoms with Crippen LogP contribution in [-0.4, -0.2) is 23.1 Å². The molecule has 1 aromatic carbocycles. The van der Waals surface area contributed by atoms with Crippen molar-refractivity contribution in [2.24, 2.45) is 0 Å². The number of imidazole rings is 1. The van der Waals surface area contributed by atoms with Crippen LogP contribution in [0.15, 0.2) is 22.7 Å². The number of rotatable bonds is 5. The summed E-state index contributed by atoms with van der Waals surface area (Å²) in [5.41, 5.74) is 2.41. The molecule has 4 heteroatoms. The topological polar surface area (TPSA) is 29.9 Å². The van der Waals surface area contributed by atoms with E-state index in [9.17, 15) is 0 Å². The number of fused-ring (bicyclic) bond motifs is 1. The van der Waals surface area contributed by atoms with E-state index in [4.69, 9.17) is 4.98 Å². The number of nitrogens with one attached hydrogen (secondary N) is 1. The van der Waals surface area contributed by atoms with E-state index in [0.29, 0.717) is 6.04 Å². The molecule has 0 unspecified atom stereocenters. The van der Waals surface area contributed by atoms with Crippen LogP contribution >= 0.6 is 15.9 Å². The molecule has 1 aliphatic rings. The lowest BCUT2D eigenvalue weighted by atomic mass is 10.3. The Hall–Kier alpha value is -0.870. The second-order valence-corrected chi connectivity index (χ2v) is 5.89. The van der Waals surface area contributed by atoms with Crippen molar-refractivity contribution in [3.05, 3.63) is 28.5 Å². The van der Waals surface area contributed by atoms with Crippen molar-refractivity contribution < 1.29 is 0 Å². The summed E-state index contributed by atoms with van der Waals surface area (Å²) in [5.74, 6) is 1.25. The van der Waals surface area contributed by atoms with Crippen LogP contribution in [0.25, 0.3) is 11.0 Å². The monoisotopic (exact) mass is 307 g/mol. The minimum Gasteiger partial charge on any atom is -0.325 e. The van der Waals surface area contributed by atoms with Crippen LogP contribution < -0.4 is 5.32 Å². The lowest BCUT2D eigenvalue weighted by molar-refractivity contribution is 0.649. The maximum Gasteiger partial charge on any atom is 0.110 e. The number of nitrogens with zero attached hydrogens (tertiary/aromatic N) is 2. The summed E-state index contributed by atoms with van der Waals surface area (Å²) in [7, 11) is 2.00. The highest BCUT2D eigenvalue weighted by molar-refractivity contribution is 9.10.